The van der Waals surface area contributed by atoms with Crippen LogP contribution >= 0.6 is 24.0 Å². The molecule has 8 heteroatoms. The Morgan fingerprint density at radius 1 is 1.27 bits per heavy atom. The molecule has 1 fully saturated rings. The first kappa shape index (κ1) is 14.5. The summed E-state index contributed by atoms with van der Waals surface area (Å²) in [4.78, 5) is 22.7. The van der Waals surface area contributed by atoms with Crippen LogP contribution in [0.3, 0.4) is 0 Å². The van der Waals surface area contributed by atoms with Crippen molar-refractivity contribution in [2.24, 2.45) is 0 Å². The van der Waals surface area contributed by atoms with Gasteiger partial charge >= 0.3 is 0 Å². The molecular formula is C14H9N3O3S2. The monoisotopic (exact) mass is 331 g/mol. The van der Waals surface area contributed by atoms with Gasteiger partial charge in [-0.05, 0) is 42.1 Å². The zero-order valence-electron chi connectivity index (χ0n) is 11.1. The number of aromatic nitrogens is 1. The van der Waals surface area contributed by atoms with Crippen molar-refractivity contribution in [1.82, 2.24) is 9.88 Å². The third kappa shape index (κ3) is 2.78. The quantitative estimate of drug-likeness (QED) is 0.403. The van der Waals surface area contributed by atoms with E-state index in [4.69, 9.17) is 12.2 Å². The highest BCUT2D eigenvalue weighted by molar-refractivity contribution is 8.19. The summed E-state index contributed by atoms with van der Waals surface area (Å²) in [7, 11) is 0. The Morgan fingerprint density at radius 2 is 2.00 bits per heavy atom. The topological polar surface area (TPSA) is 77.2 Å². The Labute approximate surface area is 135 Å². The lowest BCUT2D eigenvalue weighted by molar-refractivity contribution is -0.384. The molecule has 110 valence electrons. The highest BCUT2D eigenvalue weighted by Crippen LogP contribution is 2.27. The number of benzene rings is 1. The van der Waals surface area contributed by atoms with Gasteiger partial charge in [-0.2, -0.15) is 0 Å². The van der Waals surface area contributed by atoms with Gasteiger partial charge in [0.1, 0.15) is 4.99 Å². The summed E-state index contributed by atoms with van der Waals surface area (Å²) in [6.07, 6.45) is 3.65. The van der Waals surface area contributed by atoms with Gasteiger partial charge in [0.05, 0.1) is 9.83 Å². The normalized spacial score (nSPS) is 16.1. The van der Waals surface area contributed by atoms with Crippen molar-refractivity contribution in [2.45, 2.75) is 0 Å². The SMILES string of the molecule is O=C1NC(=S)C(=Cc2cccn2-c2ccc([N+](=O)[O-])cc2)S1. The molecule has 2 aromatic rings. The molecule has 1 saturated heterocycles. The third-order valence-electron chi connectivity index (χ3n) is 3.04. The summed E-state index contributed by atoms with van der Waals surface area (Å²) in [5.41, 5.74) is 1.66. The highest BCUT2D eigenvalue weighted by atomic mass is 32.2. The molecule has 1 aliphatic heterocycles. The fourth-order valence-corrected chi connectivity index (χ4v) is 3.05. The molecule has 0 saturated carbocycles. The lowest BCUT2D eigenvalue weighted by atomic mass is 10.2. The number of rotatable bonds is 3. The van der Waals surface area contributed by atoms with E-state index < -0.39 is 4.92 Å². The first-order valence-electron chi connectivity index (χ1n) is 6.21. The molecule has 22 heavy (non-hydrogen) atoms. The Kier molecular flexibility index (Phi) is 3.78. The molecule has 3 rings (SSSR count). The molecule has 2 heterocycles. The van der Waals surface area contributed by atoms with Crippen molar-refractivity contribution in [1.29, 1.82) is 0 Å². The molecule has 0 radical (unpaired) electrons. The van der Waals surface area contributed by atoms with Gasteiger partial charge in [-0.3, -0.25) is 14.9 Å². The van der Waals surface area contributed by atoms with Crippen LogP contribution in [0.25, 0.3) is 11.8 Å². The predicted molar refractivity (Wildman–Crippen MR) is 89.1 cm³/mol. The lowest BCUT2D eigenvalue weighted by Gasteiger charge is -2.06. The number of thiocarbonyl (C=S) groups is 1. The van der Waals surface area contributed by atoms with Gasteiger partial charge in [-0.15, -0.1) is 0 Å². The number of amides is 1. The molecule has 1 N–H and O–H groups in total. The number of hydrogen-bond donors (Lipinski definition) is 1. The van der Waals surface area contributed by atoms with E-state index in [-0.39, 0.29) is 10.9 Å². The number of non-ortho nitro benzene ring substituents is 1. The molecule has 0 bridgehead atoms. The summed E-state index contributed by atoms with van der Waals surface area (Å²) >= 11 is 6.14. The van der Waals surface area contributed by atoms with Crippen molar-refractivity contribution in [3.8, 4) is 5.69 Å². The van der Waals surface area contributed by atoms with Gasteiger partial charge in [0.2, 0.25) is 0 Å². The van der Waals surface area contributed by atoms with Crippen molar-refractivity contribution in [2.75, 3.05) is 0 Å². The first-order chi connectivity index (χ1) is 10.5. The van der Waals surface area contributed by atoms with Crippen LogP contribution < -0.4 is 5.32 Å². The van der Waals surface area contributed by atoms with Gasteiger partial charge < -0.3 is 9.88 Å². The average Bonchev–Trinajstić information content (AvgIpc) is 3.06. The van der Waals surface area contributed by atoms with E-state index in [9.17, 15) is 14.9 Å². The minimum Gasteiger partial charge on any atom is -0.317 e. The van der Waals surface area contributed by atoms with E-state index in [1.807, 2.05) is 29.0 Å². The van der Waals surface area contributed by atoms with E-state index in [0.717, 1.165) is 23.1 Å². The van der Waals surface area contributed by atoms with Gasteiger partial charge in [0.25, 0.3) is 10.9 Å². The standard InChI is InChI=1S/C14H9N3O3S2/c18-14-15-13(21)12(22-14)8-11-2-1-7-16(11)9-3-5-10(6-4-9)17(19)20/h1-8H,(H,15,18,21). The number of carbonyl (C=O) groups excluding carboxylic acids is 1. The molecule has 0 aliphatic carbocycles. The largest absolute Gasteiger partial charge is 0.317 e. The van der Waals surface area contributed by atoms with E-state index in [1.165, 1.54) is 12.1 Å². The van der Waals surface area contributed by atoms with Crippen molar-refractivity contribution >= 4 is 46.0 Å². The Hall–Kier alpha value is -2.45. The second-order valence-corrected chi connectivity index (χ2v) is 5.85. The fourth-order valence-electron chi connectivity index (χ4n) is 2.04. The predicted octanol–water partition coefficient (Wildman–Crippen LogP) is 3.51. The second-order valence-electron chi connectivity index (χ2n) is 4.43. The molecule has 0 spiro atoms. The number of hydrogen-bond acceptors (Lipinski definition) is 5. The maximum Gasteiger partial charge on any atom is 0.289 e. The van der Waals surface area contributed by atoms with Crippen LogP contribution in [0.1, 0.15) is 5.69 Å². The maximum absolute atomic E-state index is 11.3. The van der Waals surface area contributed by atoms with E-state index in [1.54, 1.807) is 12.1 Å². The van der Waals surface area contributed by atoms with Crippen LogP contribution in [0, 0.1) is 10.1 Å². The molecule has 1 aliphatic rings. The van der Waals surface area contributed by atoms with Crippen molar-refractivity contribution in [3.63, 3.8) is 0 Å². The second kappa shape index (κ2) is 5.74. The molecule has 6 nitrogen and oxygen atoms in total. The van der Waals surface area contributed by atoms with Gasteiger partial charge in [-0.1, -0.05) is 12.2 Å². The lowest BCUT2D eigenvalue weighted by Crippen LogP contribution is -2.15. The minimum absolute atomic E-state index is 0.0399. The molecule has 0 unspecified atom stereocenters. The van der Waals surface area contributed by atoms with E-state index in [0.29, 0.717) is 9.89 Å². The number of nitro benzene ring substituents is 1. The van der Waals surface area contributed by atoms with E-state index >= 15 is 0 Å². The van der Waals surface area contributed by atoms with Crippen LogP contribution in [0.2, 0.25) is 0 Å². The third-order valence-corrected chi connectivity index (χ3v) is 4.32. The summed E-state index contributed by atoms with van der Waals surface area (Å²) < 4.78 is 1.86. The van der Waals surface area contributed by atoms with Gasteiger partial charge in [0.15, 0.2) is 0 Å². The van der Waals surface area contributed by atoms with Crippen LogP contribution in [0.4, 0.5) is 10.5 Å². The summed E-state index contributed by atoms with van der Waals surface area (Å²) in [6, 6.07) is 9.97. The molecule has 0 atom stereocenters. The average molecular weight is 331 g/mol. The minimum atomic E-state index is -0.437. The fraction of sp³-hybridized carbons (Fsp3) is 0. The number of carbonyl (C=O) groups is 1. The van der Waals surface area contributed by atoms with Crippen LogP contribution in [0.5, 0.6) is 0 Å². The summed E-state index contributed by atoms with van der Waals surface area (Å²) in [5.74, 6) is 0. The van der Waals surface area contributed by atoms with E-state index in [2.05, 4.69) is 5.32 Å². The Balaban J connectivity index is 1.95. The smallest absolute Gasteiger partial charge is 0.289 e. The van der Waals surface area contributed by atoms with Crippen LogP contribution in [-0.4, -0.2) is 19.7 Å². The number of nitrogens with zero attached hydrogens (tertiary/aromatic N) is 2. The Bertz CT molecular complexity index is 809. The number of nitrogens with one attached hydrogen (secondary N) is 1. The van der Waals surface area contributed by atoms with Gasteiger partial charge in [0, 0.05) is 29.7 Å². The molecule has 1 aromatic heterocycles. The first-order valence-corrected chi connectivity index (χ1v) is 7.44. The van der Waals surface area contributed by atoms with Crippen molar-refractivity contribution < 1.29 is 9.72 Å². The zero-order chi connectivity index (χ0) is 15.7. The molecule has 1 amide bonds. The highest BCUT2D eigenvalue weighted by Gasteiger charge is 2.22. The van der Waals surface area contributed by atoms with Crippen LogP contribution in [-0.2, 0) is 0 Å². The molecular weight excluding hydrogens is 322 g/mol. The maximum atomic E-state index is 11.3. The summed E-state index contributed by atoms with van der Waals surface area (Å²) in [6.45, 7) is 0. The summed E-state index contributed by atoms with van der Waals surface area (Å²) in [5, 5.41) is 13.1. The zero-order valence-corrected chi connectivity index (χ0v) is 12.7. The number of thioether (sulfide) groups is 1. The molecule has 1 aromatic carbocycles. The Morgan fingerprint density at radius 3 is 2.59 bits per heavy atom. The van der Waals surface area contributed by atoms with Crippen LogP contribution in [0.15, 0.2) is 47.5 Å². The number of nitro groups is 1. The van der Waals surface area contributed by atoms with Gasteiger partial charge in [-0.25, -0.2) is 0 Å². The van der Waals surface area contributed by atoms with Crippen molar-refractivity contribution in [3.05, 3.63) is 63.3 Å².